The molecule has 0 amide bonds. The SMILES string of the molecule is C[C@H](c1nc2ccccc2s1)N(C)Cn1nc(-c2ccccc2)n(C)c1=S. The second-order valence-electron chi connectivity index (χ2n) is 6.62. The van der Waals surface area contributed by atoms with Crippen molar-refractivity contribution < 1.29 is 0 Å². The van der Waals surface area contributed by atoms with Crippen LogP contribution in [0.15, 0.2) is 54.6 Å². The van der Waals surface area contributed by atoms with Gasteiger partial charge in [-0.3, -0.25) is 4.90 Å². The van der Waals surface area contributed by atoms with Crippen LogP contribution >= 0.6 is 23.6 Å². The highest BCUT2D eigenvalue weighted by molar-refractivity contribution is 7.71. The third kappa shape index (κ3) is 3.45. The fourth-order valence-electron chi connectivity index (χ4n) is 3.01. The van der Waals surface area contributed by atoms with E-state index >= 15 is 0 Å². The number of rotatable bonds is 5. The molecular formula is C20H21N5S2. The minimum atomic E-state index is 0.173. The van der Waals surface area contributed by atoms with Crippen molar-refractivity contribution >= 4 is 33.8 Å². The molecule has 0 radical (unpaired) electrons. The van der Waals surface area contributed by atoms with Gasteiger partial charge < -0.3 is 4.57 Å². The predicted molar refractivity (Wildman–Crippen MR) is 113 cm³/mol. The van der Waals surface area contributed by atoms with E-state index < -0.39 is 0 Å². The molecule has 4 aromatic rings. The van der Waals surface area contributed by atoms with Crippen molar-refractivity contribution in [3.63, 3.8) is 0 Å². The Balaban J connectivity index is 1.59. The lowest BCUT2D eigenvalue weighted by Gasteiger charge is -2.22. The Kier molecular flexibility index (Phi) is 4.90. The van der Waals surface area contributed by atoms with Crippen molar-refractivity contribution in [1.82, 2.24) is 24.2 Å². The van der Waals surface area contributed by atoms with E-state index in [9.17, 15) is 0 Å². The molecule has 27 heavy (non-hydrogen) atoms. The molecule has 0 saturated heterocycles. The highest BCUT2D eigenvalue weighted by Gasteiger charge is 2.18. The van der Waals surface area contributed by atoms with Crippen molar-refractivity contribution in [2.75, 3.05) is 7.05 Å². The molecule has 7 heteroatoms. The largest absolute Gasteiger partial charge is 0.303 e. The zero-order valence-corrected chi connectivity index (χ0v) is 17.2. The van der Waals surface area contributed by atoms with Crippen LogP contribution in [0, 0.1) is 4.77 Å². The van der Waals surface area contributed by atoms with Gasteiger partial charge in [-0.15, -0.1) is 11.3 Å². The molecule has 2 heterocycles. The maximum atomic E-state index is 5.61. The summed E-state index contributed by atoms with van der Waals surface area (Å²) >= 11 is 7.35. The molecule has 0 N–H and O–H groups in total. The summed E-state index contributed by atoms with van der Waals surface area (Å²) in [6, 6.07) is 18.6. The smallest absolute Gasteiger partial charge is 0.199 e. The quantitative estimate of drug-likeness (QED) is 0.452. The highest BCUT2D eigenvalue weighted by atomic mass is 32.1. The average molecular weight is 396 g/mol. The molecular weight excluding hydrogens is 374 g/mol. The number of para-hydroxylation sites is 1. The van der Waals surface area contributed by atoms with E-state index in [1.165, 1.54) is 4.70 Å². The molecule has 0 spiro atoms. The minimum Gasteiger partial charge on any atom is -0.303 e. The van der Waals surface area contributed by atoms with Crippen molar-refractivity contribution in [2.24, 2.45) is 7.05 Å². The van der Waals surface area contributed by atoms with Crippen LogP contribution in [0.25, 0.3) is 21.6 Å². The van der Waals surface area contributed by atoms with E-state index in [1.807, 2.05) is 40.6 Å². The summed E-state index contributed by atoms with van der Waals surface area (Å²) in [5.41, 5.74) is 2.12. The maximum Gasteiger partial charge on any atom is 0.199 e. The number of aromatic nitrogens is 4. The summed E-state index contributed by atoms with van der Waals surface area (Å²) in [6.07, 6.45) is 0. The van der Waals surface area contributed by atoms with Gasteiger partial charge in [0.05, 0.1) is 22.9 Å². The molecule has 1 atom stereocenters. The van der Waals surface area contributed by atoms with Crippen LogP contribution < -0.4 is 0 Å². The number of hydrogen-bond donors (Lipinski definition) is 0. The van der Waals surface area contributed by atoms with Gasteiger partial charge in [-0.1, -0.05) is 42.5 Å². The first-order valence-electron chi connectivity index (χ1n) is 8.79. The van der Waals surface area contributed by atoms with Gasteiger partial charge in [-0.25, -0.2) is 9.67 Å². The van der Waals surface area contributed by atoms with E-state index in [4.69, 9.17) is 22.3 Å². The molecule has 0 aliphatic heterocycles. The first kappa shape index (κ1) is 18.0. The number of thiazole rings is 1. The molecule has 2 aromatic carbocycles. The van der Waals surface area contributed by atoms with Crippen LogP contribution in [0.5, 0.6) is 0 Å². The van der Waals surface area contributed by atoms with Gasteiger partial charge in [0.25, 0.3) is 0 Å². The molecule has 0 aliphatic carbocycles. The summed E-state index contributed by atoms with van der Waals surface area (Å²) < 4.78 is 5.76. The summed E-state index contributed by atoms with van der Waals surface area (Å²) in [5, 5.41) is 5.86. The summed E-state index contributed by atoms with van der Waals surface area (Å²) in [5.74, 6) is 0.877. The number of hydrogen-bond acceptors (Lipinski definition) is 5. The number of benzene rings is 2. The lowest BCUT2D eigenvalue weighted by Crippen LogP contribution is -2.26. The third-order valence-corrected chi connectivity index (χ3v) is 6.45. The average Bonchev–Trinajstić information content (AvgIpc) is 3.24. The lowest BCUT2D eigenvalue weighted by molar-refractivity contribution is 0.194. The minimum absolute atomic E-state index is 0.173. The van der Waals surface area contributed by atoms with Crippen LogP contribution in [-0.2, 0) is 13.7 Å². The summed E-state index contributed by atoms with van der Waals surface area (Å²) in [6.45, 7) is 2.78. The Hall–Kier alpha value is -2.35. The van der Waals surface area contributed by atoms with E-state index in [1.54, 1.807) is 11.3 Å². The molecule has 0 saturated carbocycles. The molecule has 138 valence electrons. The highest BCUT2D eigenvalue weighted by Crippen LogP contribution is 2.29. The zero-order chi connectivity index (χ0) is 19.0. The van der Waals surface area contributed by atoms with E-state index in [-0.39, 0.29) is 6.04 Å². The Labute approximate surface area is 167 Å². The topological polar surface area (TPSA) is 38.9 Å². The molecule has 0 unspecified atom stereocenters. The van der Waals surface area contributed by atoms with Crippen LogP contribution in [-0.4, -0.2) is 31.3 Å². The first-order chi connectivity index (χ1) is 13.0. The van der Waals surface area contributed by atoms with Crippen LogP contribution in [0.4, 0.5) is 0 Å². The fraction of sp³-hybridized carbons (Fsp3) is 0.250. The van der Waals surface area contributed by atoms with Gasteiger partial charge >= 0.3 is 0 Å². The number of fused-ring (bicyclic) bond motifs is 1. The Morgan fingerprint density at radius 3 is 2.56 bits per heavy atom. The van der Waals surface area contributed by atoms with Crippen LogP contribution in [0.1, 0.15) is 18.0 Å². The fourth-order valence-corrected chi connectivity index (χ4v) is 4.28. The van der Waals surface area contributed by atoms with Crippen molar-refractivity contribution in [3.05, 3.63) is 64.4 Å². The third-order valence-electron chi connectivity index (χ3n) is 4.76. The van der Waals surface area contributed by atoms with Gasteiger partial charge in [0.2, 0.25) is 0 Å². The Bertz CT molecular complexity index is 1090. The van der Waals surface area contributed by atoms with E-state index in [0.717, 1.165) is 21.9 Å². The monoisotopic (exact) mass is 395 g/mol. The second kappa shape index (κ2) is 7.34. The van der Waals surface area contributed by atoms with Gasteiger partial charge in [-0.2, -0.15) is 5.10 Å². The van der Waals surface area contributed by atoms with E-state index in [2.05, 4.69) is 49.2 Å². The first-order valence-corrected chi connectivity index (χ1v) is 10.0. The van der Waals surface area contributed by atoms with Gasteiger partial charge in [0, 0.05) is 12.6 Å². The van der Waals surface area contributed by atoms with Gasteiger partial charge in [-0.05, 0) is 38.3 Å². The molecule has 2 aromatic heterocycles. The lowest BCUT2D eigenvalue weighted by atomic mass is 10.2. The van der Waals surface area contributed by atoms with Crippen molar-refractivity contribution in [2.45, 2.75) is 19.6 Å². The zero-order valence-electron chi connectivity index (χ0n) is 15.5. The Morgan fingerprint density at radius 1 is 1.11 bits per heavy atom. The van der Waals surface area contributed by atoms with Crippen molar-refractivity contribution in [3.8, 4) is 11.4 Å². The van der Waals surface area contributed by atoms with E-state index in [0.29, 0.717) is 11.4 Å². The molecule has 0 aliphatic rings. The molecule has 5 nitrogen and oxygen atoms in total. The molecule has 0 fully saturated rings. The predicted octanol–water partition coefficient (Wildman–Crippen LogP) is 4.88. The molecule has 4 rings (SSSR count). The normalized spacial score (nSPS) is 12.7. The standard InChI is InChI=1S/C20H21N5S2/c1-14(19-21-16-11-7-8-12-17(16)27-19)23(2)13-25-20(26)24(3)18(22-25)15-9-5-4-6-10-15/h4-12,14H,13H2,1-3H3/t14-/m1/s1. The summed E-state index contributed by atoms with van der Waals surface area (Å²) in [7, 11) is 4.04. The second-order valence-corrected chi connectivity index (χ2v) is 8.05. The van der Waals surface area contributed by atoms with Crippen molar-refractivity contribution in [1.29, 1.82) is 0 Å². The number of nitrogens with zero attached hydrogens (tertiary/aromatic N) is 5. The molecule has 0 bridgehead atoms. The Morgan fingerprint density at radius 2 is 1.81 bits per heavy atom. The van der Waals surface area contributed by atoms with Gasteiger partial charge in [0.15, 0.2) is 10.6 Å². The van der Waals surface area contributed by atoms with Crippen LogP contribution in [0.3, 0.4) is 0 Å². The van der Waals surface area contributed by atoms with Gasteiger partial charge in [0.1, 0.15) is 5.01 Å². The summed E-state index contributed by atoms with van der Waals surface area (Å²) in [4.78, 5) is 7.00. The van der Waals surface area contributed by atoms with Crippen LogP contribution in [0.2, 0.25) is 0 Å². The maximum absolute atomic E-state index is 5.61.